The molecule has 0 radical (unpaired) electrons. The second kappa shape index (κ2) is 4.59. The van der Waals surface area contributed by atoms with E-state index in [9.17, 15) is 4.79 Å². The average Bonchev–Trinajstić information content (AvgIpc) is 2.73. The Balaban J connectivity index is 1.71. The number of para-hydroxylation sites is 1. The lowest BCUT2D eigenvalue weighted by Crippen LogP contribution is -2.46. The van der Waals surface area contributed by atoms with Crippen molar-refractivity contribution < 1.29 is 4.79 Å². The molecule has 1 saturated carbocycles. The first-order chi connectivity index (χ1) is 9.80. The minimum Gasteiger partial charge on any atom is -0.317 e. The van der Waals surface area contributed by atoms with Gasteiger partial charge >= 0.3 is 0 Å². The molecule has 0 atom stereocenters. The fourth-order valence-corrected chi connectivity index (χ4v) is 4.04. The van der Waals surface area contributed by atoms with E-state index in [2.05, 4.69) is 34.5 Å². The number of fused-ring (bicyclic) bond motifs is 2. The molecule has 3 aliphatic rings. The first-order valence-electron chi connectivity index (χ1n) is 7.92. The molecule has 1 N–H and O–H groups in total. The van der Waals surface area contributed by atoms with Crippen LogP contribution in [0.15, 0.2) is 24.3 Å². The standard InChI is InChI=1S/C17H22N2O/c20-16(13-4-3-5-13)19-12-17(8-10-18-11-9-17)14-6-1-2-7-15(14)19/h1-2,6-7,13,18H,3-5,8-12H2. The summed E-state index contributed by atoms with van der Waals surface area (Å²) in [5, 5.41) is 3.45. The number of hydrogen-bond acceptors (Lipinski definition) is 2. The van der Waals surface area contributed by atoms with Gasteiger partial charge in [0.15, 0.2) is 0 Å². The van der Waals surface area contributed by atoms with E-state index in [1.54, 1.807) is 0 Å². The van der Waals surface area contributed by atoms with Crippen molar-refractivity contribution in [3.63, 3.8) is 0 Å². The van der Waals surface area contributed by atoms with Crippen LogP contribution < -0.4 is 10.2 Å². The summed E-state index contributed by atoms with van der Waals surface area (Å²) in [5.41, 5.74) is 2.81. The van der Waals surface area contributed by atoms with Crippen LogP contribution in [0, 0.1) is 5.92 Å². The topological polar surface area (TPSA) is 32.3 Å². The van der Waals surface area contributed by atoms with Gasteiger partial charge in [-0.05, 0) is 50.4 Å². The molecule has 1 aliphatic carbocycles. The van der Waals surface area contributed by atoms with E-state index >= 15 is 0 Å². The summed E-state index contributed by atoms with van der Waals surface area (Å²) in [6, 6.07) is 8.58. The number of amides is 1. The van der Waals surface area contributed by atoms with E-state index in [0.717, 1.165) is 45.3 Å². The van der Waals surface area contributed by atoms with Crippen molar-refractivity contribution in [1.29, 1.82) is 0 Å². The van der Waals surface area contributed by atoms with Crippen molar-refractivity contribution in [3.05, 3.63) is 29.8 Å². The van der Waals surface area contributed by atoms with E-state index in [1.165, 1.54) is 17.7 Å². The molecule has 4 rings (SSSR count). The summed E-state index contributed by atoms with van der Waals surface area (Å²) in [7, 11) is 0. The molecule has 2 fully saturated rings. The maximum atomic E-state index is 12.7. The predicted molar refractivity (Wildman–Crippen MR) is 79.9 cm³/mol. The van der Waals surface area contributed by atoms with Gasteiger partial charge in [-0.3, -0.25) is 4.79 Å². The van der Waals surface area contributed by atoms with Gasteiger partial charge < -0.3 is 10.2 Å². The molecule has 2 aliphatic heterocycles. The SMILES string of the molecule is O=C(C1CCC1)N1CC2(CCNCC2)c2ccccc21. The number of anilines is 1. The molecule has 0 unspecified atom stereocenters. The third kappa shape index (κ3) is 1.72. The number of nitrogens with zero attached hydrogens (tertiary/aromatic N) is 1. The highest BCUT2D eigenvalue weighted by molar-refractivity contribution is 5.98. The monoisotopic (exact) mass is 270 g/mol. The van der Waals surface area contributed by atoms with Gasteiger partial charge in [0.2, 0.25) is 5.91 Å². The van der Waals surface area contributed by atoms with Crippen LogP contribution in [0.25, 0.3) is 0 Å². The zero-order valence-corrected chi connectivity index (χ0v) is 11.9. The van der Waals surface area contributed by atoms with Crippen LogP contribution in [0.2, 0.25) is 0 Å². The Morgan fingerprint density at radius 1 is 1.20 bits per heavy atom. The smallest absolute Gasteiger partial charge is 0.230 e. The zero-order chi connectivity index (χ0) is 13.6. The molecule has 3 nitrogen and oxygen atoms in total. The molecule has 1 aromatic rings. The van der Waals surface area contributed by atoms with Crippen molar-refractivity contribution in [1.82, 2.24) is 5.32 Å². The van der Waals surface area contributed by atoms with Gasteiger partial charge in [-0.15, -0.1) is 0 Å². The molecule has 106 valence electrons. The van der Waals surface area contributed by atoms with Gasteiger partial charge in [0.05, 0.1) is 0 Å². The molecule has 3 heteroatoms. The van der Waals surface area contributed by atoms with Crippen LogP contribution in [0.3, 0.4) is 0 Å². The number of hydrogen-bond donors (Lipinski definition) is 1. The maximum Gasteiger partial charge on any atom is 0.230 e. The third-order valence-corrected chi connectivity index (χ3v) is 5.51. The Morgan fingerprint density at radius 2 is 1.95 bits per heavy atom. The number of carbonyl (C=O) groups is 1. The van der Waals surface area contributed by atoms with E-state index in [4.69, 9.17) is 0 Å². The lowest BCUT2D eigenvalue weighted by Gasteiger charge is -2.35. The van der Waals surface area contributed by atoms with E-state index in [0.29, 0.717) is 11.8 Å². The maximum absolute atomic E-state index is 12.7. The Kier molecular flexibility index (Phi) is 2.84. The van der Waals surface area contributed by atoms with Gasteiger partial charge in [-0.1, -0.05) is 24.6 Å². The summed E-state index contributed by atoms with van der Waals surface area (Å²) < 4.78 is 0. The molecule has 0 aromatic heterocycles. The number of benzene rings is 1. The van der Waals surface area contributed by atoms with Crippen LogP contribution in [0.5, 0.6) is 0 Å². The summed E-state index contributed by atoms with van der Waals surface area (Å²) in [4.78, 5) is 14.8. The first kappa shape index (κ1) is 12.4. The second-order valence-corrected chi connectivity index (χ2v) is 6.60. The molecular weight excluding hydrogens is 248 g/mol. The van der Waals surface area contributed by atoms with E-state index in [-0.39, 0.29) is 5.41 Å². The zero-order valence-electron chi connectivity index (χ0n) is 11.9. The quantitative estimate of drug-likeness (QED) is 0.850. The lowest BCUT2D eigenvalue weighted by molar-refractivity contribution is -0.124. The Hall–Kier alpha value is -1.35. The van der Waals surface area contributed by atoms with Crippen LogP contribution >= 0.6 is 0 Å². The highest BCUT2D eigenvalue weighted by Gasteiger charge is 2.46. The molecule has 1 aromatic carbocycles. The Morgan fingerprint density at radius 3 is 2.65 bits per heavy atom. The van der Waals surface area contributed by atoms with E-state index < -0.39 is 0 Å². The number of nitrogens with one attached hydrogen (secondary N) is 1. The molecule has 1 amide bonds. The Labute approximate surface area is 120 Å². The third-order valence-electron chi connectivity index (χ3n) is 5.51. The average molecular weight is 270 g/mol. The van der Waals surface area contributed by atoms with E-state index in [1.807, 2.05) is 0 Å². The number of rotatable bonds is 1. The first-order valence-corrected chi connectivity index (χ1v) is 7.92. The normalized spacial score (nSPS) is 24.5. The highest BCUT2D eigenvalue weighted by atomic mass is 16.2. The fourth-order valence-electron chi connectivity index (χ4n) is 4.04. The van der Waals surface area contributed by atoms with Crippen molar-refractivity contribution in [2.45, 2.75) is 37.5 Å². The van der Waals surface area contributed by atoms with Crippen molar-refractivity contribution in [2.24, 2.45) is 5.92 Å². The predicted octanol–water partition coefficient (Wildman–Crippen LogP) is 2.45. The largest absolute Gasteiger partial charge is 0.317 e. The number of piperidine rings is 1. The van der Waals surface area contributed by atoms with Gasteiger partial charge in [0.1, 0.15) is 0 Å². The number of carbonyl (C=O) groups excluding carboxylic acids is 1. The van der Waals surface area contributed by atoms with Gasteiger partial charge in [-0.25, -0.2) is 0 Å². The molecule has 1 spiro atoms. The van der Waals surface area contributed by atoms with Crippen LogP contribution in [-0.2, 0) is 10.2 Å². The second-order valence-electron chi connectivity index (χ2n) is 6.60. The van der Waals surface area contributed by atoms with Crippen molar-refractivity contribution >= 4 is 11.6 Å². The van der Waals surface area contributed by atoms with Gasteiger partial charge in [-0.2, -0.15) is 0 Å². The summed E-state index contributed by atoms with van der Waals surface area (Å²) in [5.74, 6) is 0.666. The minimum atomic E-state index is 0.210. The molecule has 2 heterocycles. The highest BCUT2D eigenvalue weighted by Crippen LogP contribution is 2.47. The van der Waals surface area contributed by atoms with Crippen LogP contribution in [0.4, 0.5) is 5.69 Å². The molecule has 20 heavy (non-hydrogen) atoms. The van der Waals surface area contributed by atoms with Gasteiger partial charge in [0, 0.05) is 23.6 Å². The van der Waals surface area contributed by atoms with Gasteiger partial charge in [0.25, 0.3) is 0 Å². The van der Waals surface area contributed by atoms with Crippen molar-refractivity contribution in [2.75, 3.05) is 24.5 Å². The molecule has 1 saturated heterocycles. The molecule has 0 bridgehead atoms. The summed E-state index contributed by atoms with van der Waals surface area (Å²) in [6.45, 7) is 3.04. The lowest BCUT2D eigenvalue weighted by atomic mass is 9.75. The fraction of sp³-hybridized carbons (Fsp3) is 0.588. The van der Waals surface area contributed by atoms with Crippen LogP contribution in [-0.4, -0.2) is 25.5 Å². The summed E-state index contributed by atoms with van der Waals surface area (Å²) in [6.07, 6.45) is 5.70. The minimum absolute atomic E-state index is 0.210. The van der Waals surface area contributed by atoms with Crippen molar-refractivity contribution in [3.8, 4) is 0 Å². The summed E-state index contributed by atoms with van der Waals surface area (Å²) >= 11 is 0. The molecular formula is C17H22N2O. The Bertz CT molecular complexity index is 530. The van der Waals surface area contributed by atoms with Crippen LogP contribution in [0.1, 0.15) is 37.7 Å².